The van der Waals surface area contributed by atoms with Crippen LogP contribution in [0.25, 0.3) is 0 Å². The van der Waals surface area contributed by atoms with Gasteiger partial charge in [0.05, 0.1) is 7.11 Å². The van der Waals surface area contributed by atoms with Crippen LogP contribution in [0.3, 0.4) is 0 Å². The first-order valence-electron chi connectivity index (χ1n) is 14.4. The maximum Gasteiger partial charge on any atom is 0.248 e. The van der Waals surface area contributed by atoms with Crippen molar-refractivity contribution in [3.05, 3.63) is 72.4 Å². The second kappa shape index (κ2) is 13.8. The number of amides is 3. The molecular formula is C32H36N4O6. The zero-order chi connectivity index (χ0) is 29.3. The molecule has 1 fully saturated rings. The summed E-state index contributed by atoms with van der Waals surface area (Å²) in [5, 5.41) is 5.96. The fourth-order valence-electron chi connectivity index (χ4n) is 5.37. The average molecular weight is 573 g/mol. The smallest absolute Gasteiger partial charge is 0.248 e. The number of benzene rings is 2. The maximum absolute atomic E-state index is 14.0. The van der Waals surface area contributed by atoms with Crippen molar-refractivity contribution in [1.82, 2.24) is 10.3 Å². The maximum atomic E-state index is 14.0. The topological polar surface area (TPSA) is 119 Å². The molecule has 2 heterocycles. The molecule has 1 atom stereocenters. The summed E-state index contributed by atoms with van der Waals surface area (Å²) >= 11 is 0. The highest BCUT2D eigenvalue weighted by Gasteiger charge is 2.35. The van der Waals surface area contributed by atoms with Crippen molar-refractivity contribution < 1.29 is 28.6 Å². The molecule has 0 radical (unpaired) electrons. The van der Waals surface area contributed by atoms with Gasteiger partial charge in [-0.05, 0) is 61.2 Å². The first-order valence-corrected chi connectivity index (χ1v) is 14.4. The molecule has 0 unspecified atom stereocenters. The van der Waals surface area contributed by atoms with E-state index in [4.69, 9.17) is 14.2 Å². The van der Waals surface area contributed by atoms with E-state index in [1.54, 1.807) is 74.0 Å². The van der Waals surface area contributed by atoms with E-state index in [0.29, 0.717) is 34.3 Å². The van der Waals surface area contributed by atoms with Crippen molar-refractivity contribution in [1.29, 1.82) is 0 Å². The Kier molecular flexibility index (Phi) is 9.53. The van der Waals surface area contributed by atoms with Crippen LogP contribution in [-0.4, -0.2) is 42.7 Å². The van der Waals surface area contributed by atoms with Gasteiger partial charge in [-0.2, -0.15) is 0 Å². The van der Waals surface area contributed by atoms with Crippen LogP contribution in [-0.2, 0) is 14.4 Å². The van der Waals surface area contributed by atoms with Crippen molar-refractivity contribution >= 4 is 29.2 Å². The largest absolute Gasteiger partial charge is 0.497 e. The number of methoxy groups -OCH3 is 1. The van der Waals surface area contributed by atoms with Crippen molar-refractivity contribution in [2.75, 3.05) is 24.1 Å². The van der Waals surface area contributed by atoms with Gasteiger partial charge in [-0.3, -0.25) is 19.3 Å². The quantitative estimate of drug-likeness (QED) is 0.326. The third-order valence-electron chi connectivity index (χ3n) is 7.52. The molecule has 1 aliphatic carbocycles. The summed E-state index contributed by atoms with van der Waals surface area (Å²) in [6, 6.07) is 16.7. The van der Waals surface area contributed by atoms with Gasteiger partial charge in [-0.1, -0.05) is 37.5 Å². The molecule has 2 N–H and O–H groups in total. The van der Waals surface area contributed by atoms with Crippen LogP contribution in [0.2, 0.25) is 0 Å². The number of hydrogen-bond donors (Lipinski definition) is 2. The number of rotatable bonds is 11. The summed E-state index contributed by atoms with van der Waals surface area (Å²) in [5.41, 5.74) is 1.14. The lowest BCUT2D eigenvalue weighted by Gasteiger charge is -2.33. The Morgan fingerprint density at radius 2 is 1.76 bits per heavy atom. The Morgan fingerprint density at radius 3 is 2.50 bits per heavy atom. The van der Waals surface area contributed by atoms with Crippen LogP contribution in [0.1, 0.15) is 63.0 Å². The molecule has 42 heavy (non-hydrogen) atoms. The Morgan fingerprint density at radius 1 is 0.976 bits per heavy atom. The standard InChI is InChI=1S/C32H36N4O6/c1-40-25-16-13-22(14-17-25)31(32(39)34-23-8-3-2-4-9-23)36(24-15-18-26-27(20-24)42-21-41-26)30(38)12-7-11-29(37)35-28-10-5-6-19-33-28/h5-6,10,13-20,23,31H,2-4,7-9,11-12,21H2,1H3,(H,34,39)(H,33,35,37)/t31-/m0/s1. The van der Waals surface area contributed by atoms with Gasteiger partial charge in [0, 0.05) is 36.8 Å². The van der Waals surface area contributed by atoms with Gasteiger partial charge in [0.25, 0.3) is 0 Å². The SMILES string of the molecule is COc1ccc([C@@H](C(=O)NC2CCCCC2)N(C(=O)CCCC(=O)Nc2ccccn2)c2ccc3c(c2)OCO3)cc1. The highest BCUT2D eigenvalue weighted by molar-refractivity contribution is 6.02. The lowest BCUT2D eigenvalue weighted by Crippen LogP contribution is -2.47. The van der Waals surface area contributed by atoms with E-state index >= 15 is 0 Å². The van der Waals surface area contributed by atoms with Gasteiger partial charge >= 0.3 is 0 Å². The Balaban J connectivity index is 1.41. The molecule has 0 bridgehead atoms. The van der Waals surface area contributed by atoms with Gasteiger partial charge in [-0.15, -0.1) is 0 Å². The predicted molar refractivity (Wildman–Crippen MR) is 158 cm³/mol. The number of carbonyl (C=O) groups is 3. The van der Waals surface area contributed by atoms with Gasteiger partial charge in [0.15, 0.2) is 11.5 Å². The molecule has 3 amide bonds. The van der Waals surface area contributed by atoms with E-state index < -0.39 is 6.04 Å². The van der Waals surface area contributed by atoms with Crippen molar-refractivity contribution in [3.8, 4) is 17.2 Å². The molecule has 220 valence electrons. The van der Waals surface area contributed by atoms with E-state index in [2.05, 4.69) is 15.6 Å². The summed E-state index contributed by atoms with van der Waals surface area (Å²) in [7, 11) is 1.58. The molecule has 2 aromatic carbocycles. The number of ether oxygens (including phenoxy) is 3. The van der Waals surface area contributed by atoms with Crippen LogP contribution in [0.15, 0.2) is 66.9 Å². The fraction of sp³-hybridized carbons (Fsp3) is 0.375. The number of pyridine rings is 1. The molecule has 0 saturated heterocycles. The molecule has 1 aromatic heterocycles. The first-order chi connectivity index (χ1) is 20.5. The van der Waals surface area contributed by atoms with Crippen LogP contribution >= 0.6 is 0 Å². The second-order valence-electron chi connectivity index (χ2n) is 10.4. The van der Waals surface area contributed by atoms with E-state index in [1.807, 2.05) is 0 Å². The molecule has 3 aromatic rings. The third kappa shape index (κ3) is 7.18. The zero-order valence-corrected chi connectivity index (χ0v) is 23.7. The van der Waals surface area contributed by atoms with Gasteiger partial charge in [0.1, 0.15) is 17.6 Å². The highest BCUT2D eigenvalue weighted by Crippen LogP contribution is 2.39. The Labute approximate surface area is 245 Å². The molecule has 5 rings (SSSR count). The molecule has 10 nitrogen and oxygen atoms in total. The summed E-state index contributed by atoms with van der Waals surface area (Å²) < 4.78 is 16.4. The molecule has 0 spiro atoms. The number of fused-ring (bicyclic) bond motifs is 1. The highest BCUT2D eigenvalue weighted by atomic mass is 16.7. The molecule has 1 saturated carbocycles. The molecule has 2 aliphatic rings. The lowest BCUT2D eigenvalue weighted by molar-refractivity contribution is -0.127. The number of aromatic nitrogens is 1. The number of carbonyl (C=O) groups excluding carboxylic acids is 3. The number of nitrogens with zero attached hydrogens (tertiary/aromatic N) is 2. The zero-order valence-electron chi connectivity index (χ0n) is 23.7. The number of anilines is 2. The molecular weight excluding hydrogens is 536 g/mol. The normalized spacial score (nSPS) is 15.0. The first kappa shape index (κ1) is 28.9. The summed E-state index contributed by atoms with van der Waals surface area (Å²) in [5.74, 6) is 1.38. The summed E-state index contributed by atoms with van der Waals surface area (Å²) in [6.07, 6.45) is 7.15. The van der Waals surface area contributed by atoms with Crippen molar-refractivity contribution in [3.63, 3.8) is 0 Å². The van der Waals surface area contributed by atoms with E-state index in [1.165, 1.54) is 4.90 Å². The minimum atomic E-state index is -0.951. The Hall–Kier alpha value is -4.60. The fourth-order valence-corrected chi connectivity index (χ4v) is 5.37. The molecule has 10 heteroatoms. The summed E-state index contributed by atoms with van der Waals surface area (Å²) in [4.78, 5) is 46.2. The minimum Gasteiger partial charge on any atom is -0.497 e. The number of hydrogen-bond acceptors (Lipinski definition) is 7. The van der Waals surface area contributed by atoms with Gasteiger partial charge < -0.3 is 24.8 Å². The van der Waals surface area contributed by atoms with E-state index in [9.17, 15) is 14.4 Å². The van der Waals surface area contributed by atoms with E-state index in [-0.39, 0.29) is 49.8 Å². The minimum absolute atomic E-state index is 0.0491. The van der Waals surface area contributed by atoms with Crippen LogP contribution in [0, 0.1) is 0 Å². The van der Waals surface area contributed by atoms with Crippen molar-refractivity contribution in [2.24, 2.45) is 0 Å². The van der Waals surface area contributed by atoms with E-state index in [0.717, 1.165) is 32.1 Å². The van der Waals surface area contributed by atoms with Gasteiger partial charge in [0.2, 0.25) is 24.5 Å². The van der Waals surface area contributed by atoms with Gasteiger partial charge in [-0.25, -0.2) is 4.98 Å². The van der Waals surface area contributed by atoms with Crippen LogP contribution < -0.4 is 29.7 Å². The van der Waals surface area contributed by atoms with Crippen LogP contribution in [0.4, 0.5) is 11.5 Å². The third-order valence-corrected chi connectivity index (χ3v) is 7.52. The van der Waals surface area contributed by atoms with Crippen LogP contribution in [0.5, 0.6) is 17.2 Å². The monoisotopic (exact) mass is 572 g/mol. The lowest BCUT2D eigenvalue weighted by atomic mass is 9.94. The van der Waals surface area contributed by atoms with Crippen molar-refractivity contribution in [2.45, 2.75) is 63.5 Å². The molecule has 1 aliphatic heterocycles. The Bertz CT molecular complexity index is 1380. The number of nitrogens with one attached hydrogen (secondary N) is 2. The second-order valence-corrected chi connectivity index (χ2v) is 10.4. The predicted octanol–water partition coefficient (Wildman–Crippen LogP) is 5.15. The average Bonchev–Trinajstić information content (AvgIpc) is 3.49. The summed E-state index contributed by atoms with van der Waals surface area (Å²) in [6.45, 7) is 0.0855.